The number of nitrogens with zero attached hydrogens (tertiary/aromatic N) is 3. The van der Waals surface area contributed by atoms with Gasteiger partial charge in [-0.3, -0.25) is 9.59 Å². The molecule has 0 radical (unpaired) electrons. The maximum atomic E-state index is 14.4. The van der Waals surface area contributed by atoms with Gasteiger partial charge in [-0.15, -0.1) is 0 Å². The minimum atomic E-state index is -0.379. The lowest BCUT2D eigenvalue weighted by atomic mass is 9.89. The summed E-state index contributed by atoms with van der Waals surface area (Å²) in [6.45, 7) is 0. The van der Waals surface area contributed by atoms with Crippen molar-refractivity contribution in [3.63, 3.8) is 0 Å². The Morgan fingerprint density at radius 1 is 0.881 bits per heavy atom. The molecule has 210 valence electrons. The van der Waals surface area contributed by atoms with E-state index in [1.54, 1.807) is 23.0 Å². The lowest BCUT2D eigenvalue weighted by Crippen LogP contribution is -2.43. The average molecular weight is 559 g/mol. The number of benzene rings is 4. The van der Waals surface area contributed by atoms with Gasteiger partial charge in [-0.2, -0.15) is 5.10 Å². The molecule has 3 atom stereocenters. The molecule has 1 saturated heterocycles. The molecule has 1 aliphatic carbocycles. The number of carbonyl (C=O) groups is 2. The summed E-state index contributed by atoms with van der Waals surface area (Å²) < 4.78 is 15.3. The number of aryl methyl sites for hydroxylation is 1. The third kappa shape index (κ3) is 4.96. The van der Waals surface area contributed by atoms with Gasteiger partial charge in [0.2, 0.25) is 11.8 Å². The second kappa shape index (κ2) is 10.9. The van der Waals surface area contributed by atoms with Crippen LogP contribution in [0.25, 0.3) is 16.6 Å². The fraction of sp³-hybridized carbons (Fsp3) is 0.229. The maximum absolute atomic E-state index is 14.4. The molecule has 0 spiro atoms. The molecule has 2 fully saturated rings. The van der Waals surface area contributed by atoms with Crippen molar-refractivity contribution >= 4 is 28.4 Å². The number of nitrogens with one attached hydrogen (secondary N) is 1. The SMILES string of the molecule is O=C(N[C@@H]1[C@@H](c2ccccc2)N(c2ccc3c(cnn3-c3ccc(F)cc3)c2)C(=O)[C@@H]1CCc1ccccc1)C1CC1. The Labute approximate surface area is 243 Å². The van der Waals surface area contributed by atoms with Gasteiger partial charge in [0.05, 0.1) is 35.4 Å². The highest BCUT2D eigenvalue weighted by Crippen LogP contribution is 2.43. The molecule has 2 aliphatic rings. The zero-order valence-electron chi connectivity index (χ0n) is 23.1. The number of hydrogen-bond donors (Lipinski definition) is 1. The molecule has 0 unspecified atom stereocenters. The molecule has 7 heteroatoms. The van der Waals surface area contributed by atoms with Gasteiger partial charge < -0.3 is 10.2 Å². The van der Waals surface area contributed by atoms with Gasteiger partial charge in [-0.1, -0.05) is 60.7 Å². The van der Waals surface area contributed by atoms with Crippen molar-refractivity contribution < 1.29 is 14.0 Å². The molecule has 2 heterocycles. The number of fused-ring (bicyclic) bond motifs is 1. The Balaban J connectivity index is 1.28. The van der Waals surface area contributed by atoms with E-state index in [0.29, 0.717) is 6.42 Å². The molecule has 1 aromatic heterocycles. The van der Waals surface area contributed by atoms with Crippen LogP contribution in [-0.4, -0.2) is 27.6 Å². The van der Waals surface area contributed by atoms with E-state index in [2.05, 4.69) is 22.5 Å². The standard InChI is InChI=1S/C35H31FN4O2/c36-27-14-16-28(17-15-27)40-31-20-18-29(21-26(31)22-37-40)39-33(24-9-5-2-6-10-24)32(38-34(41)25-12-13-25)30(35(39)42)19-11-23-7-3-1-4-8-23/h1-10,14-18,20-22,25,30,32-33H,11-13,19H2,(H,38,41)/t30-,32+,33-/m1/s1. The van der Waals surface area contributed by atoms with E-state index < -0.39 is 0 Å². The molecular weight excluding hydrogens is 527 g/mol. The lowest BCUT2D eigenvalue weighted by Gasteiger charge is -2.30. The van der Waals surface area contributed by atoms with Crippen LogP contribution in [0.5, 0.6) is 0 Å². The van der Waals surface area contributed by atoms with Gasteiger partial charge in [-0.05, 0) is 79.3 Å². The van der Waals surface area contributed by atoms with Crippen molar-refractivity contribution in [2.24, 2.45) is 11.8 Å². The van der Waals surface area contributed by atoms with Crippen molar-refractivity contribution in [1.29, 1.82) is 0 Å². The summed E-state index contributed by atoms with van der Waals surface area (Å²) in [6, 6.07) is 31.5. The normalized spacial score (nSPS) is 20.3. The van der Waals surface area contributed by atoms with Gasteiger partial charge in [0.15, 0.2) is 0 Å². The van der Waals surface area contributed by atoms with Crippen molar-refractivity contribution in [1.82, 2.24) is 15.1 Å². The highest BCUT2D eigenvalue weighted by molar-refractivity contribution is 6.01. The van der Waals surface area contributed by atoms with E-state index in [1.807, 2.05) is 71.6 Å². The van der Waals surface area contributed by atoms with Crippen molar-refractivity contribution in [3.05, 3.63) is 126 Å². The van der Waals surface area contributed by atoms with Gasteiger partial charge in [0.25, 0.3) is 0 Å². The summed E-state index contributed by atoms with van der Waals surface area (Å²) in [5, 5.41) is 8.74. The van der Waals surface area contributed by atoms with Crippen LogP contribution >= 0.6 is 0 Å². The first-order valence-electron chi connectivity index (χ1n) is 14.5. The van der Waals surface area contributed by atoms with Crippen LogP contribution in [0.2, 0.25) is 0 Å². The highest BCUT2D eigenvalue weighted by Gasteiger charge is 2.50. The summed E-state index contributed by atoms with van der Waals surface area (Å²) in [5.41, 5.74) is 4.51. The van der Waals surface area contributed by atoms with Crippen molar-refractivity contribution in [2.75, 3.05) is 4.90 Å². The second-order valence-electron chi connectivity index (χ2n) is 11.3. The Morgan fingerprint density at radius 2 is 1.57 bits per heavy atom. The molecule has 5 aromatic rings. The van der Waals surface area contributed by atoms with Gasteiger partial charge in [0.1, 0.15) is 5.82 Å². The van der Waals surface area contributed by atoms with Gasteiger partial charge in [0, 0.05) is 17.0 Å². The van der Waals surface area contributed by atoms with Crippen LogP contribution in [0.3, 0.4) is 0 Å². The molecule has 6 nitrogen and oxygen atoms in total. The lowest BCUT2D eigenvalue weighted by molar-refractivity contribution is -0.124. The number of amides is 2. The number of halogens is 1. The van der Waals surface area contributed by atoms with E-state index in [0.717, 1.165) is 47.1 Å². The van der Waals surface area contributed by atoms with Crippen molar-refractivity contribution in [3.8, 4) is 5.69 Å². The zero-order valence-corrected chi connectivity index (χ0v) is 23.1. The molecule has 42 heavy (non-hydrogen) atoms. The monoisotopic (exact) mass is 558 g/mol. The van der Waals surface area contributed by atoms with Crippen LogP contribution < -0.4 is 10.2 Å². The predicted octanol–water partition coefficient (Wildman–Crippen LogP) is 6.40. The van der Waals surface area contributed by atoms with Crippen LogP contribution in [0.15, 0.2) is 109 Å². The average Bonchev–Trinajstić information content (AvgIpc) is 3.74. The molecule has 1 saturated carbocycles. The van der Waals surface area contributed by atoms with Crippen molar-refractivity contribution in [2.45, 2.75) is 37.8 Å². The molecule has 1 aliphatic heterocycles. The van der Waals surface area contributed by atoms with E-state index in [9.17, 15) is 14.0 Å². The molecular formula is C35H31FN4O2. The van der Waals surface area contributed by atoms with Crippen LogP contribution in [-0.2, 0) is 16.0 Å². The summed E-state index contributed by atoms with van der Waals surface area (Å²) in [7, 11) is 0. The fourth-order valence-corrected chi connectivity index (χ4v) is 6.18. The minimum Gasteiger partial charge on any atom is -0.350 e. The minimum absolute atomic E-state index is 0.00570. The Hall–Kier alpha value is -4.78. The van der Waals surface area contributed by atoms with E-state index >= 15 is 0 Å². The van der Waals surface area contributed by atoms with E-state index in [-0.39, 0.29) is 41.6 Å². The number of aromatic nitrogens is 2. The first kappa shape index (κ1) is 26.1. The summed E-state index contributed by atoms with van der Waals surface area (Å²) >= 11 is 0. The maximum Gasteiger partial charge on any atom is 0.232 e. The van der Waals surface area contributed by atoms with E-state index in [1.165, 1.54) is 17.7 Å². The number of rotatable bonds is 8. The third-order valence-corrected chi connectivity index (χ3v) is 8.49. The van der Waals surface area contributed by atoms with E-state index in [4.69, 9.17) is 0 Å². The van der Waals surface area contributed by atoms with Crippen LogP contribution in [0.4, 0.5) is 10.1 Å². The fourth-order valence-electron chi connectivity index (χ4n) is 6.18. The number of carbonyl (C=O) groups excluding carboxylic acids is 2. The predicted molar refractivity (Wildman–Crippen MR) is 161 cm³/mol. The van der Waals surface area contributed by atoms with Gasteiger partial charge in [-0.25, -0.2) is 9.07 Å². The highest BCUT2D eigenvalue weighted by atomic mass is 19.1. The Bertz CT molecular complexity index is 1730. The quantitative estimate of drug-likeness (QED) is 0.240. The van der Waals surface area contributed by atoms with Crippen LogP contribution in [0, 0.1) is 17.7 Å². The first-order valence-corrected chi connectivity index (χ1v) is 14.5. The first-order chi connectivity index (χ1) is 20.6. The smallest absolute Gasteiger partial charge is 0.232 e. The number of anilines is 1. The largest absolute Gasteiger partial charge is 0.350 e. The molecule has 4 aromatic carbocycles. The Kier molecular flexibility index (Phi) is 6.78. The molecule has 1 N–H and O–H groups in total. The molecule has 0 bridgehead atoms. The molecule has 2 amide bonds. The van der Waals surface area contributed by atoms with Gasteiger partial charge >= 0.3 is 0 Å². The summed E-state index contributed by atoms with van der Waals surface area (Å²) in [6.07, 6.45) is 4.93. The Morgan fingerprint density at radius 3 is 2.29 bits per heavy atom. The summed E-state index contributed by atoms with van der Waals surface area (Å²) in [5.74, 6) is -0.602. The molecule has 7 rings (SSSR count). The zero-order chi connectivity index (χ0) is 28.6. The number of hydrogen-bond acceptors (Lipinski definition) is 3. The summed E-state index contributed by atoms with van der Waals surface area (Å²) in [4.78, 5) is 29.4. The second-order valence-corrected chi connectivity index (χ2v) is 11.3. The topological polar surface area (TPSA) is 67.2 Å². The van der Waals surface area contributed by atoms with Crippen LogP contribution in [0.1, 0.15) is 36.4 Å². The third-order valence-electron chi connectivity index (χ3n) is 8.49.